The molecule has 0 spiro atoms. The van der Waals surface area contributed by atoms with Gasteiger partial charge in [-0.2, -0.15) is 0 Å². The molecule has 0 bridgehead atoms. The Morgan fingerprint density at radius 2 is 0.690 bits per heavy atom. The average Bonchev–Trinajstić information content (AvgIpc) is 3.04. The second-order valence-electron chi connectivity index (χ2n) is 10.5. The van der Waals surface area contributed by atoms with Crippen molar-refractivity contribution in [2.75, 3.05) is 0 Å². The molecule has 198 valence electrons. The Morgan fingerprint density at radius 3 is 1.14 bits per heavy atom. The fourth-order valence-electron chi connectivity index (χ4n) is 5.95. The van der Waals surface area contributed by atoms with Gasteiger partial charge < -0.3 is 0 Å². The van der Waals surface area contributed by atoms with Gasteiger partial charge >= 0.3 is 0 Å². The van der Waals surface area contributed by atoms with E-state index in [9.17, 15) is 0 Å². The van der Waals surface area contributed by atoms with E-state index in [1.165, 1.54) is 83.0 Å². The maximum Gasteiger partial charge on any atom is 0.0268 e. The lowest BCUT2D eigenvalue weighted by atomic mass is 9.92. The third-order valence-corrected chi connectivity index (χ3v) is 13.1. The molecule has 42 heavy (non-hydrogen) atoms. The summed E-state index contributed by atoms with van der Waals surface area (Å²) in [6.45, 7) is 0. The quantitative estimate of drug-likeness (QED) is 0.179. The molecule has 0 saturated heterocycles. The van der Waals surface area contributed by atoms with E-state index in [1.807, 2.05) is 47.0 Å². The Balaban J connectivity index is 1.16. The summed E-state index contributed by atoms with van der Waals surface area (Å²) in [4.78, 5) is 10.7. The highest BCUT2D eigenvalue weighted by Gasteiger charge is 2.19. The highest BCUT2D eigenvalue weighted by atomic mass is 32.2. The van der Waals surface area contributed by atoms with Crippen molar-refractivity contribution in [2.24, 2.45) is 0 Å². The van der Waals surface area contributed by atoms with E-state index in [4.69, 9.17) is 0 Å². The molecular formula is C38H22S4. The first-order valence-corrected chi connectivity index (χ1v) is 17.2. The average molecular weight is 607 g/mol. The van der Waals surface area contributed by atoms with Crippen LogP contribution in [0.15, 0.2) is 173 Å². The third kappa shape index (κ3) is 4.20. The smallest absolute Gasteiger partial charge is 0.0268 e. The van der Waals surface area contributed by atoms with Crippen LogP contribution in [0.2, 0.25) is 0 Å². The summed E-state index contributed by atoms with van der Waals surface area (Å²) in [7, 11) is 0. The van der Waals surface area contributed by atoms with E-state index in [0.29, 0.717) is 0 Å². The van der Waals surface area contributed by atoms with E-state index in [2.05, 4.69) is 133 Å². The minimum atomic E-state index is 1.27. The van der Waals surface area contributed by atoms with Crippen molar-refractivity contribution < 1.29 is 0 Å². The van der Waals surface area contributed by atoms with E-state index in [0.717, 1.165) is 0 Å². The molecule has 2 heterocycles. The molecule has 0 amide bonds. The van der Waals surface area contributed by atoms with Crippen molar-refractivity contribution in [2.45, 2.75) is 39.2 Å². The second-order valence-corrected chi connectivity index (χ2v) is 14.9. The first-order valence-electron chi connectivity index (χ1n) is 13.9. The molecule has 2 aliphatic heterocycles. The van der Waals surface area contributed by atoms with Crippen molar-refractivity contribution in [3.63, 3.8) is 0 Å². The SMILES string of the molecule is c1ccc2c(c1)Sc1ccc(-c3cccc4cc5cccc(-c6ccc7c(c6)Sc6ccccc6S7)c5cc34)cc1S2. The lowest BCUT2D eigenvalue weighted by molar-refractivity contribution is 1.16. The van der Waals surface area contributed by atoms with Gasteiger partial charge in [0.05, 0.1) is 0 Å². The van der Waals surface area contributed by atoms with Crippen molar-refractivity contribution in [1.29, 1.82) is 0 Å². The minimum absolute atomic E-state index is 1.27. The highest BCUT2D eigenvalue weighted by molar-refractivity contribution is 8.05. The standard InChI is InChI=1S/C38H22S4/c1-3-13-33-31(11-1)39-35-17-15-25(20-37(35)41-33)27-9-5-7-23-19-24-8-6-10-28(30(24)22-29(23)27)26-16-18-36-38(21-26)42-34-14-4-2-12-32(34)40-36/h1-22H. The van der Waals surface area contributed by atoms with E-state index < -0.39 is 0 Å². The van der Waals surface area contributed by atoms with Crippen LogP contribution in [0.5, 0.6) is 0 Å². The van der Waals surface area contributed by atoms with Gasteiger partial charge in [-0.15, -0.1) is 0 Å². The summed E-state index contributed by atoms with van der Waals surface area (Å²) >= 11 is 7.51. The molecule has 0 aromatic heterocycles. The summed E-state index contributed by atoms with van der Waals surface area (Å²) < 4.78 is 0. The van der Waals surface area contributed by atoms with Gasteiger partial charge in [-0.05, 0) is 104 Å². The molecule has 0 unspecified atom stereocenters. The third-order valence-electron chi connectivity index (χ3n) is 7.97. The predicted molar refractivity (Wildman–Crippen MR) is 182 cm³/mol. The normalized spacial score (nSPS) is 13.3. The highest BCUT2D eigenvalue weighted by Crippen LogP contribution is 2.51. The molecule has 0 saturated carbocycles. The zero-order valence-corrected chi connectivity index (χ0v) is 25.6. The van der Waals surface area contributed by atoms with Gasteiger partial charge in [-0.25, -0.2) is 0 Å². The summed E-state index contributed by atoms with van der Waals surface area (Å²) in [5.41, 5.74) is 5.10. The van der Waals surface area contributed by atoms with Crippen molar-refractivity contribution in [3.05, 3.63) is 133 Å². The summed E-state index contributed by atoms with van der Waals surface area (Å²) in [5, 5.41) is 5.14. The molecule has 9 rings (SSSR count). The molecule has 4 heteroatoms. The fraction of sp³-hybridized carbons (Fsp3) is 0. The second kappa shape index (κ2) is 10.0. The number of rotatable bonds is 2. The first kappa shape index (κ1) is 25.0. The van der Waals surface area contributed by atoms with Gasteiger partial charge in [0.2, 0.25) is 0 Å². The summed E-state index contributed by atoms with van der Waals surface area (Å²) in [6, 6.07) is 49.6. The van der Waals surface area contributed by atoms with Crippen LogP contribution in [0.4, 0.5) is 0 Å². The van der Waals surface area contributed by atoms with E-state index in [-0.39, 0.29) is 0 Å². The van der Waals surface area contributed by atoms with Crippen molar-refractivity contribution in [1.82, 2.24) is 0 Å². The Hall–Kier alpha value is -3.54. The van der Waals surface area contributed by atoms with Crippen LogP contribution in [0.1, 0.15) is 0 Å². The fourth-order valence-corrected chi connectivity index (χ4v) is 10.5. The molecule has 0 fully saturated rings. The predicted octanol–water partition coefficient (Wildman–Crippen LogP) is 12.6. The summed E-state index contributed by atoms with van der Waals surface area (Å²) in [5.74, 6) is 0. The molecule has 0 nitrogen and oxygen atoms in total. The number of benzene rings is 7. The van der Waals surface area contributed by atoms with Gasteiger partial charge in [-0.1, -0.05) is 120 Å². The maximum atomic E-state index is 2.42. The van der Waals surface area contributed by atoms with Crippen LogP contribution >= 0.6 is 47.0 Å². The van der Waals surface area contributed by atoms with Gasteiger partial charge in [0.25, 0.3) is 0 Å². The zero-order valence-electron chi connectivity index (χ0n) is 22.3. The largest absolute Gasteiger partial charge is 0.0877 e. The topological polar surface area (TPSA) is 0 Å². The number of hydrogen-bond donors (Lipinski definition) is 0. The van der Waals surface area contributed by atoms with Gasteiger partial charge in [-0.3, -0.25) is 0 Å². The molecule has 2 aliphatic rings. The van der Waals surface area contributed by atoms with Gasteiger partial charge in [0.15, 0.2) is 0 Å². The first-order chi connectivity index (χ1) is 20.8. The van der Waals surface area contributed by atoms with Crippen molar-refractivity contribution >= 4 is 68.6 Å². The molecule has 0 atom stereocenters. The number of hydrogen-bond acceptors (Lipinski definition) is 4. The van der Waals surface area contributed by atoms with Gasteiger partial charge in [0, 0.05) is 39.2 Å². The van der Waals surface area contributed by atoms with Crippen molar-refractivity contribution in [3.8, 4) is 22.3 Å². The van der Waals surface area contributed by atoms with Crippen LogP contribution in [-0.2, 0) is 0 Å². The molecule has 0 aliphatic carbocycles. The lowest BCUT2D eigenvalue weighted by Crippen LogP contribution is -1.91. The van der Waals surface area contributed by atoms with Crippen LogP contribution < -0.4 is 0 Å². The number of fused-ring (bicyclic) bond motifs is 6. The Kier molecular flexibility index (Phi) is 5.97. The van der Waals surface area contributed by atoms with Crippen LogP contribution in [-0.4, -0.2) is 0 Å². The summed E-state index contributed by atoms with van der Waals surface area (Å²) in [6.07, 6.45) is 0. The van der Waals surface area contributed by atoms with E-state index in [1.54, 1.807) is 0 Å². The maximum absolute atomic E-state index is 2.42. The zero-order chi connectivity index (χ0) is 27.6. The van der Waals surface area contributed by atoms with Crippen LogP contribution in [0, 0.1) is 0 Å². The monoisotopic (exact) mass is 606 g/mol. The van der Waals surface area contributed by atoms with Crippen LogP contribution in [0.25, 0.3) is 43.8 Å². The Labute approximate surface area is 262 Å². The molecule has 0 radical (unpaired) electrons. The lowest BCUT2D eigenvalue weighted by Gasteiger charge is -2.20. The Bertz CT molecular complexity index is 2060. The molecular weight excluding hydrogens is 585 g/mol. The van der Waals surface area contributed by atoms with Gasteiger partial charge in [0.1, 0.15) is 0 Å². The molecule has 7 aromatic carbocycles. The molecule has 0 N–H and O–H groups in total. The minimum Gasteiger partial charge on any atom is -0.0877 e. The molecule has 7 aromatic rings. The van der Waals surface area contributed by atoms with E-state index >= 15 is 0 Å². The van der Waals surface area contributed by atoms with Crippen LogP contribution in [0.3, 0.4) is 0 Å². The Morgan fingerprint density at radius 1 is 0.286 bits per heavy atom.